The zero-order chi connectivity index (χ0) is 19.1. The predicted molar refractivity (Wildman–Crippen MR) is 107 cm³/mol. The van der Waals surface area contributed by atoms with E-state index in [2.05, 4.69) is 32.1 Å². The van der Waals surface area contributed by atoms with Gasteiger partial charge < -0.3 is 9.42 Å². The number of anilines is 1. The molecule has 7 nitrogen and oxygen atoms in total. The van der Waals surface area contributed by atoms with Gasteiger partial charge in [0.2, 0.25) is 0 Å². The molecule has 3 heterocycles. The standard InChI is InChI=1S/C21H25N5O2/c1-15-10-17(23-28-15)13-24-6-8-25(9-7-24)18-4-5-19-20(11-18)22-14-26(21(19)27)12-16-2-3-16/h4-5,10-11,14,16H,2-3,6-9,12-13H2,1H3. The van der Waals surface area contributed by atoms with Crippen molar-refractivity contribution in [2.75, 3.05) is 31.1 Å². The Balaban J connectivity index is 1.28. The summed E-state index contributed by atoms with van der Waals surface area (Å²) < 4.78 is 6.93. The summed E-state index contributed by atoms with van der Waals surface area (Å²) in [7, 11) is 0. The third-order valence-electron chi connectivity index (χ3n) is 5.76. The van der Waals surface area contributed by atoms with Crippen LogP contribution >= 0.6 is 0 Å². The Morgan fingerprint density at radius 2 is 1.96 bits per heavy atom. The molecule has 0 unspecified atom stereocenters. The van der Waals surface area contributed by atoms with E-state index in [1.165, 1.54) is 12.8 Å². The third kappa shape index (κ3) is 3.54. The molecule has 0 N–H and O–H groups in total. The van der Waals surface area contributed by atoms with Crippen molar-refractivity contribution in [2.24, 2.45) is 5.92 Å². The SMILES string of the molecule is Cc1cc(CN2CCN(c3ccc4c(=O)n(CC5CC5)cnc4c3)CC2)no1. The van der Waals surface area contributed by atoms with Gasteiger partial charge in [-0.2, -0.15) is 0 Å². The second-order valence-electron chi connectivity index (χ2n) is 8.04. The lowest BCUT2D eigenvalue weighted by molar-refractivity contribution is 0.242. The van der Waals surface area contributed by atoms with Crippen LogP contribution in [0, 0.1) is 12.8 Å². The van der Waals surface area contributed by atoms with Gasteiger partial charge in [0.15, 0.2) is 0 Å². The highest BCUT2D eigenvalue weighted by Gasteiger charge is 2.23. The van der Waals surface area contributed by atoms with Crippen LogP contribution in [0.5, 0.6) is 0 Å². The van der Waals surface area contributed by atoms with Gasteiger partial charge in [-0.25, -0.2) is 4.98 Å². The summed E-state index contributed by atoms with van der Waals surface area (Å²) in [6.07, 6.45) is 4.17. The van der Waals surface area contributed by atoms with Gasteiger partial charge in [0.05, 0.1) is 22.9 Å². The molecule has 3 aromatic rings. The van der Waals surface area contributed by atoms with Gasteiger partial charge >= 0.3 is 0 Å². The predicted octanol–water partition coefficient (Wildman–Crippen LogP) is 2.43. The highest BCUT2D eigenvalue weighted by molar-refractivity contribution is 5.81. The van der Waals surface area contributed by atoms with Crippen molar-refractivity contribution < 1.29 is 4.52 Å². The molecule has 0 amide bonds. The lowest BCUT2D eigenvalue weighted by atomic mass is 10.2. The maximum Gasteiger partial charge on any atom is 0.261 e. The fourth-order valence-corrected chi connectivity index (χ4v) is 3.94. The van der Waals surface area contributed by atoms with Crippen molar-refractivity contribution in [2.45, 2.75) is 32.9 Å². The number of benzene rings is 1. The Morgan fingerprint density at radius 3 is 2.68 bits per heavy atom. The Kier molecular flexibility index (Phi) is 4.39. The van der Waals surface area contributed by atoms with Gasteiger partial charge in [-0.1, -0.05) is 5.16 Å². The van der Waals surface area contributed by atoms with Gasteiger partial charge in [-0.3, -0.25) is 14.3 Å². The molecule has 1 saturated carbocycles. The summed E-state index contributed by atoms with van der Waals surface area (Å²) in [5.74, 6) is 1.52. The minimum absolute atomic E-state index is 0.0798. The van der Waals surface area contributed by atoms with Gasteiger partial charge in [0.25, 0.3) is 5.56 Å². The molecule has 1 aliphatic heterocycles. The van der Waals surface area contributed by atoms with Crippen LogP contribution < -0.4 is 10.5 Å². The van der Waals surface area contributed by atoms with E-state index in [4.69, 9.17) is 4.52 Å². The van der Waals surface area contributed by atoms with Crippen LogP contribution in [0.3, 0.4) is 0 Å². The average Bonchev–Trinajstić information content (AvgIpc) is 3.44. The molecule has 1 aliphatic carbocycles. The number of rotatable bonds is 5. The van der Waals surface area contributed by atoms with Crippen molar-refractivity contribution in [1.82, 2.24) is 19.6 Å². The molecule has 5 rings (SSSR count). The highest BCUT2D eigenvalue weighted by atomic mass is 16.5. The third-order valence-corrected chi connectivity index (χ3v) is 5.76. The molecule has 0 radical (unpaired) electrons. The second-order valence-corrected chi connectivity index (χ2v) is 8.04. The van der Waals surface area contributed by atoms with Crippen LogP contribution in [0.2, 0.25) is 0 Å². The first-order valence-electron chi connectivity index (χ1n) is 10.0. The number of piperazine rings is 1. The van der Waals surface area contributed by atoms with Gasteiger partial charge in [-0.05, 0) is 43.9 Å². The molecule has 0 spiro atoms. The summed E-state index contributed by atoms with van der Waals surface area (Å²) in [6, 6.07) is 8.05. The fraction of sp³-hybridized carbons (Fsp3) is 0.476. The Labute approximate surface area is 163 Å². The van der Waals surface area contributed by atoms with Crippen molar-refractivity contribution >= 4 is 16.6 Å². The average molecular weight is 379 g/mol. The van der Waals surface area contributed by atoms with E-state index in [1.54, 1.807) is 10.9 Å². The van der Waals surface area contributed by atoms with Gasteiger partial charge in [0.1, 0.15) is 5.76 Å². The van der Waals surface area contributed by atoms with E-state index < -0.39 is 0 Å². The summed E-state index contributed by atoms with van der Waals surface area (Å²) in [6.45, 7) is 7.38. The summed E-state index contributed by atoms with van der Waals surface area (Å²) in [5, 5.41) is 4.80. The van der Waals surface area contributed by atoms with E-state index >= 15 is 0 Å². The van der Waals surface area contributed by atoms with E-state index in [1.807, 2.05) is 19.1 Å². The maximum atomic E-state index is 12.7. The molecule has 2 aromatic heterocycles. The van der Waals surface area contributed by atoms with Crippen molar-refractivity contribution in [3.8, 4) is 0 Å². The molecule has 28 heavy (non-hydrogen) atoms. The molecule has 0 atom stereocenters. The van der Waals surface area contributed by atoms with E-state index in [0.717, 1.165) is 61.9 Å². The lowest BCUT2D eigenvalue weighted by Gasteiger charge is -2.35. The van der Waals surface area contributed by atoms with Crippen LogP contribution in [0.15, 0.2) is 39.9 Å². The van der Waals surface area contributed by atoms with Crippen LogP contribution in [-0.2, 0) is 13.1 Å². The fourth-order valence-electron chi connectivity index (χ4n) is 3.94. The molecule has 1 saturated heterocycles. The Bertz CT molecular complexity index is 1040. The van der Waals surface area contributed by atoms with Gasteiger partial charge in [-0.15, -0.1) is 0 Å². The molecular formula is C21H25N5O2. The molecule has 2 aliphatic rings. The van der Waals surface area contributed by atoms with Crippen molar-refractivity contribution in [3.63, 3.8) is 0 Å². The topological polar surface area (TPSA) is 67.4 Å². The number of hydrogen-bond acceptors (Lipinski definition) is 6. The molecular weight excluding hydrogens is 354 g/mol. The molecule has 2 fully saturated rings. The number of hydrogen-bond donors (Lipinski definition) is 0. The van der Waals surface area contributed by atoms with E-state index in [-0.39, 0.29) is 5.56 Å². The number of aryl methyl sites for hydroxylation is 1. The molecule has 7 heteroatoms. The van der Waals surface area contributed by atoms with Gasteiger partial charge in [0, 0.05) is 51.0 Å². The van der Waals surface area contributed by atoms with Crippen LogP contribution in [0.4, 0.5) is 5.69 Å². The van der Waals surface area contributed by atoms with Crippen molar-refractivity contribution in [1.29, 1.82) is 0 Å². The van der Waals surface area contributed by atoms with Crippen LogP contribution in [0.1, 0.15) is 24.3 Å². The Morgan fingerprint density at radius 1 is 1.14 bits per heavy atom. The minimum Gasteiger partial charge on any atom is -0.369 e. The van der Waals surface area contributed by atoms with E-state index in [0.29, 0.717) is 11.3 Å². The van der Waals surface area contributed by atoms with Crippen molar-refractivity contribution in [3.05, 3.63) is 52.4 Å². The maximum absolute atomic E-state index is 12.7. The second kappa shape index (κ2) is 7.05. The molecule has 146 valence electrons. The number of nitrogens with zero attached hydrogens (tertiary/aromatic N) is 5. The monoisotopic (exact) mass is 379 g/mol. The number of fused-ring (bicyclic) bond motifs is 1. The van der Waals surface area contributed by atoms with Crippen LogP contribution in [-0.4, -0.2) is 45.8 Å². The number of aromatic nitrogens is 3. The zero-order valence-corrected chi connectivity index (χ0v) is 16.2. The largest absolute Gasteiger partial charge is 0.369 e. The zero-order valence-electron chi connectivity index (χ0n) is 16.2. The molecule has 0 bridgehead atoms. The highest BCUT2D eigenvalue weighted by Crippen LogP contribution is 2.30. The first-order valence-corrected chi connectivity index (χ1v) is 10.0. The Hall–Kier alpha value is -2.67. The summed E-state index contributed by atoms with van der Waals surface area (Å²) in [4.78, 5) is 22.0. The summed E-state index contributed by atoms with van der Waals surface area (Å²) in [5.41, 5.74) is 2.99. The molecule has 1 aromatic carbocycles. The first kappa shape index (κ1) is 17.4. The van der Waals surface area contributed by atoms with Crippen LogP contribution in [0.25, 0.3) is 10.9 Å². The minimum atomic E-state index is 0.0798. The quantitative estimate of drug-likeness (QED) is 0.678. The summed E-state index contributed by atoms with van der Waals surface area (Å²) >= 11 is 0. The van der Waals surface area contributed by atoms with E-state index in [9.17, 15) is 4.79 Å². The smallest absolute Gasteiger partial charge is 0.261 e. The normalized spacial score (nSPS) is 18.1. The first-order chi connectivity index (χ1) is 13.7. The lowest BCUT2D eigenvalue weighted by Crippen LogP contribution is -2.46.